The van der Waals surface area contributed by atoms with E-state index in [0.717, 1.165) is 16.4 Å². The zero-order chi connectivity index (χ0) is 13.8. The topological polar surface area (TPSA) is 39.9 Å². The van der Waals surface area contributed by atoms with Crippen LogP contribution in [0.3, 0.4) is 0 Å². The Morgan fingerprint density at radius 1 is 1.26 bits per heavy atom. The second-order valence-electron chi connectivity index (χ2n) is 4.35. The summed E-state index contributed by atoms with van der Waals surface area (Å²) in [5.41, 5.74) is 1.76. The number of rotatable bonds is 3. The first kappa shape index (κ1) is 13.4. The Balaban J connectivity index is 2.25. The average molecular weight is 272 g/mol. The van der Waals surface area contributed by atoms with E-state index in [0.29, 0.717) is 5.56 Å². The molecule has 19 heavy (non-hydrogen) atoms. The van der Waals surface area contributed by atoms with E-state index in [4.69, 9.17) is 16.9 Å². The van der Waals surface area contributed by atoms with Crippen molar-refractivity contribution >= 4 is 17.4 Å². The molecule has 0 radical (unpaired) electrons. The van der Waals surface area contributed by atoms with Gasteiger partial charge in [-0.3, -0.25) is 0 Å². The van der Waals surface area contributed by atoms with Crippen molar-refractivity contribution in [3.63, 3.8) is 0 Å². The van der Waals surface area contributed by atoms with Crippen LogP contribution in [0.2, 0.25) is 5.02 Å². The molecule has 0 spiro atoms. The molecule has 1 aromatic carbocycles. The average Bonchev–Trinajstić information content (AvgIpc) is 2.46. The summed E-state index contributed by atoms with van der Waals surface area (Å²) in [6, 6.07) is 13.5. The van der Waals surface area contributed by atoms with Crippen molar-refractivity contribution in [3.8, 4) is 6.07 Å². The highest BCUT2D eigenvalue weighted by Gasteiger charge is 2.13. The molecule has 1 aromatic heterocycles. The molecule has 0 fully saturated rings. The molecule has 0 saturated carbocycles. The molecule has 96 valence electrons. The van der Waals surface area contributed by atoms with Crippen molar-refractivity contribution in [1.29, 1.82) is 5.26 Å². The SMILES string of the molecule is CC(c1ccc(Cl)cc1)N(C)c1cc(C#N)ccn1. The molecule has 0 saturated heterocycles. The molecule has 1 unspecified atom stereocenters. The minimum Gasteiger partial charge on any atom is -0.353 e. The lowest BCUT2D eigenvalue weighted by Gasteiger charge is -2.26. The maximum absolute atomic E-state index is 8.92. The van der Waals surface area contributed by atoms with Gasteiger partial charge in [-0.1, -0.05) is 23.7 Å². The Bertz CT molecular complexity index is 602. The summed E-state index contributed by atoms with van der Waals surface area (Å²) in [6.45, 7) is 2.09. The van der Waals surface area contributed by atoms with Crippen molar-refractivity contribution in [3.05, 3.63) is 58.7 Å². The third-order valence-electron chi connectivity index (χ3n) is 3.17. The summed E-state index contributed by atoms with van der Waals surface area (Å²) < 4.78 is 0. The molecular formula is C15H14ClN3. The second-order valence-corrected chi connectivity index (χ2v) is 4.79. The number of pyridine rings is 1. The van der Waals surface area contributed by atoms with Crippen LogP contribution < -0.4 is 4.90 Å². The lowest BCUT2D eigenvalue weighted by molar-refractivity contribution is 0.729. The van der Waals surface area contributed by atoms with Gasteiger partial charge in [-0.25, -0.2) is 4.98 Å². The highest BCUT2D eigenvalue weighted by atomic mass is 35.5. The van der Waals surface area contributed by atoms with Gasteiger partial charge in [0.15, 0.2) is 0 Å². The number of hydrogen-bond donors (Lipinski definition) is 0. The number of anilines is 1. The van der Waals surface area contributed by atoms with E-state index in [2.05, 4.69) is 18.0 Å². The van der Waals surface area contributed by atoms with Gasteiger partial charge >= 0.3 is 0 Å². The number of hydrogen-bond acceptors (Lipinski definition) is 3. The first-order valence-electron chi connectivity index (χ1n) is 5.96. The first-order chi connectivity index (χ1) is 9.11. The van der Waals surface area contributed by atoms with Crippen LogP contribution in [0.15, 0.2) is 42.6 Å². The summed E-state index contributed by atoms with van der Waals surface area (Å²) >= 11 is 5.89. The Morgan fingerprint density at radius 2 is 1.95 bits per heavy atom. The van der Waals surface area contributed by atoms with E-state index >= 15 is 0 Å². The number of aromatic nitrogens is 1. The zero-order valence-corrected chi connectivity index (χ0v) is 11.6. The Hall–Kier alpha value is -2.05. The Kier molecular flexibility index (Phi) is 4.03. The van der Waals surface area contributed by atoms with Crippen LogP contribution in [0.4, 0.5) is 5.82 Å². The van der Waals surface area contributed by atoms with Gasteiger partial charge in [-0.05, 0) is 36.8 Å². The zero-order valence-electron chi connectivity index (χ0n) is 10.8. The van der Waals surface area contributed by atoms with Gasteiger partial charge in [0.2, 0.25) is 0 Å². The van der Waals surface area contributed by atoms with Crippen LogP contribution in [0, 0.1) is 11.3 Å². The van der Waals surface area contributed by atoms with Crippen LogP contribution in [0.1, 0.15) is 24.1 Å². The van der Waals surface area contributed by atoms with Gasteiger partial charge in [0.25, 0.3) is 0 Å². The van der Waals surface area contributed by atoms with Crippen molar-refractivity contribution in [1.82, 2.24) is 4.98 Å². The number of nitriles is 1. The summed E-state index contributed by atoms with van der Waals surface area (Å²) in [5.74, 6) is 0.779. The van der Waals surface area contributed by atoms with Crippen LogP contribution in [0.5, 0.6) is 0 Å². The maximum atomic E-state index is 8.92. The van der Waals surface area contributed by atoms with E-state index in [1.165, 1.54) is 0 Å². The number of halogens is 1. The predicted octanol–water partition coefficient (Wildman–Crippen LogP) is 3.80. The van der Waals surface area contributed by atoms with Gasteiger partial charge in [0, 0.05) is 18.3 Å². The standard InChI is InChI=1S/C15H14ClN3/c1-11(13-3-5-14(16)6-4-13)19(2)15-9-12(10-17)7-8-18-15/h3-9,11H,1-2H3. The molecule has 2 aromatic rings. The monoisotopic (exact) mass is 271 g/mol. The highest BCUT2D eigenvalue weighted by Crippen LogP contribution is 2.25. The Morgan fingerprint density at radius 3 is 2.58 bits per heavy atom. The van der Waals surface area contributed by atoms with Crippen molar-refractivity contribution < 1.29 is 0 Å². The van der Waals surface area contributed by atoms with E-state index in [1.807, 2.05) is 36.2 Å². The lowest BCUT2D eigenvalue weighted by Crippen LogP contribution is -2.22. The smallest absolute Gasteiger partial charge is 0.130 e. The van der Waals surface area contributed by atoms with Crippen molar-refractivity contribution in [2.45, 2.75) is 13.0 Å². The van der Waals surface area contributed by atoms with E-state index in [9.17, 15) is 0 Å². The molecular weight excluding hydrogens is 258 g/mol. The minimum absolute atomic E-state index is 0.152. The molecule has 4 heteroatoms. The van der Waals surface area contributed by atoms with Gasteiger partial charge < -0.3 is 4.90 Å². The molecule has 0 amide bonds. The fourth-order valence-electron chi connectivity index (χ4n) is 1.84. The molecule has 3 nitrogen and oxygen atoms in total. The molecule has 1 heterocycles. The van der Waals surface area contributed by atoms with Crippen LogP contribution in [0.25, 0.3) is 0 Å². The largest absolute Gasteiger partial charge is 0.353 e. The van der Waals surface area contributed by atoms with E-state index < -0.39 is 0 Å². The Labute approximate surface area is 118 Å². The van der Waals surface area contributed by atoms with E-state index in [-0.39, 0.29) is 6.04 Å². The summed E-state index contributed by atoms with van der Waals surface area (Å²) in [5, 5.41) is 9.64. The van der Waals surface area contributed by atoms with E-state index in [1.54, 1.807) is 18.3 Å². The summed E-state index contributed by atoms with van der Waals surface area (Å²) in [7, 11) is 1.96. The summed E-state index contributed by atoms with van der Waals surface area (Å²) in [6.07, 6.45) is 1.65. The van der Waals surface area contributed by atoms with Gasteiger partial charge in [0.05, 0.1) is 17.7 Å². The van der Waals surface area contributed by atoms with Crippen LogP contribution in [-0.4, -0.2) is 12.0 Å². The summed E-state index contributed by atoms with van der Waals surface area (Å²) in [4.78, 5) is 6.33. The first-order valence-corrected chi connectivity index (χ1v) is 6.34. The van der Waals surface area contributed by atoms with Crippen LogP contribution in [-0.2, 0) is 0 Å². The molecule has 0 N–H and O–H groups in total. The molecule has 2 rings (SSSR count). The minimum atomic E-state index is 0.152. The number of nitrogens with zero attached hydrogens (tertiary/aromatic N) is 3. The molecule has 0 aliphatic rings. The molecule has 1 atom stereocenters. The van der Waals surface area contributed by atoms with Crippen molar-refractivity contribution in [2.75, 3.05) is 11.9 Å². The second kappa shape index (κ2) is 5.73. The molecule has 0 aliphatic carbocycles. The van der Waals surface area contributed by atoms with Gasteiger partial charge in [-0.2, -0.15) is 5.26 Å². The fraction of sp³-hybridized carbons (Fsp3) is 0.200. The van der Waals surface area contributed by atoms with Gasteiger partial charge in [0.1, 0.15) is 5.82 Å². The highest BCUT2D eigenvalue weighted by molar-refractivity contribution is 6.30. The fourth-order valence-corrected chi connectivity index (χ4v) is 1.97. The van der Waals surface area contributed by atoms with Crippen molar-refractivity contribution in [2.24, 2.45) is 0 Å². The maximum Gasteiger partial charge on any atom is 0.130 e. The lowest BCUT2D eigenvalue weighted by atomic mass is 10.1. The molecule has 0 aliphatic heterocycles. The number of benzene rings is 1. The third kappa shape index (κ3) is 3.04. The normalized spacial score (nSPS) is 11.7. The third-order valence-corrected chi connectivity index (χ3v) is 3.42. The molecule has 0 bridgehead atoms. The van der Waals surface area contributed by atoms with Crippen LogP contribution >= 0.6 is 11.6 Å². The predicted molar refractivity (Wildman–Crippen MR) is 77.2 cm³/mol. The quantitative estimate of drug-likeness (QED) is 0.852. The van der Waals surface area contributed by atoms with Gasteiger partial charge in [-0.15, -0.1) is 0 Å².